The van der Waals surface area contributed by atoms with Crippen molar-refractivity contribution in [2.75, 3.05) is 0 Å². The summed E-state index contributed by atoms with van der Waals surface area (Å²) >= 11 is 0. The van der Waals surface area contributed by atoms with Gasteiger partial charge in [0.25, 0.3) is 5.91 Å². The molecule has 1 heterocycles. The summed E-state index contributed by atoms with van der Waals surface area (Å²) in [6.45, 7) is 2.06. The van der Waals surface area contributed by atoms with Crippen LogP contribution in [0.2, 0.25) is 0 Å². The van der Waals surface area contributed by atoms with Crippen molar-refractivity contribution in [1.82, 2.24) is 10.3 Å². The van der Waals surface area contributed by atoms with Crippen LogP contribution in [0.5, 0.6) is 0 Å². The molecule has 5 heteroatoms. The smallest absolute Gasteiger partial charge is 0.257 e. The predicted octanol–water partition coefficient (Wildman–Crippen LogP) is 2.42. The Kier molecular flexibility index (Phi) is 3.79. The van der Waals surface area contributed by atoms with Gasteiger partial charge in [0, 0.05) is 6.20 Å². The molecule has 0 saturated heterocycles. The molecule has 1 aliphatic rings. The third-order valence-corrected chi connectivity index (χ3v) is 3.57. The molecule has 1 N–H and O–H groups in total. The molecule has 2 rings (SSSR count). The van der Waals surface area contributed by atoms with Crippen LogP contribution in [0.25, 0.3) is 0 Å². The molecule has 0 unspecified atom stereocenters. The number of pyridine rings is 1. The fourth-order valence-electron chi connectivity index (χ4n) is 2.63. The molecule has 1 fully saturated rings. The van der Waals surface area contributed by atoms with E-state index in [1.807, 2.05) is 0 Å². The Morgan fingerprint density at radius 3 is 3.11 bits per heavy atom. The van der Waals surface area contributed by atoms with Crippen LogP contribution in [0.4, 0.5) is 4.39 Å². The van der Waals surface area contributed by atoms with Gasteiger partial charge in [-0.15, -0.1) is 0 Å². The maximum absolute atomic E-state index is 13.4. The van der Waals surface area contributed by atoms with Crippen molar-refractivity contribution < 1.29 is 9.18 Å². The van der Waals surface area contributed by atoms with Gasteiger partial charge in [-0.2, -0.15) is 9.65 Å². The van der Waals surface area contributed by atoms with Gasteiger partial charge in [0.1, 0.15) is 5.54 Å². The van der Waals surface area contributed by atoms with Crippen LogP contribution in [0.15, 0.2) is 18.3 Å². The highest BCUT2D eigenvalue weighted by Crippen LogP contribution is 2.32. The van der Waals surface area contributed by atoms with Crippen LogP contribution in [0.1, 0.15) is 43.0 Å². The summed E-state index contributed by atoms with van der Waals surface area (Å²) in [4.78, 5) is 15.5. The van der Waals surface area contributed by atoms with E-state index in [1.54, 1.807) is 0 Å². The predicted molar refractivity (Wildman–Crippen MR) is 67.6 cm³/mol. The van der Waals surface area contributed by atoms with E-state index in [-0.39, 0.29) is 5.56 Å². The van der Waals surface area contributed by atoms with E-state index in [0.29, 0.717) is 18.8 Å². The highest BCUT2D eigenvalue weighted by molar-refractivity contribution is 5.94. The van der Waals surface area contributed by atoms with Gasteiger partial charge in [0.15, 0.2) is 0 Å². The number of amides is 1. The lowest BCUT2D eigenvalue weighted by Crippen LogP contribution is -2.50. The first-order valence-corrected chi connectivity index (χ1v) is 6.40. The van der Waals surface area contributed by atoms with Crippen LogP contribution in [-0.2, 0) is 0 Å². The molecular formula is C14H16FN3O. The second-order valence-electron chi connectivity index (χ2n) is 5.19. The molecule has 1 aromatic rings. The number of hydrogen-bond donors (Lipinski definition) is 1. The molecule has 19 heavy (non-hydrogen) atoms. The molecule has 0 aliphatic heterocycles. The fourth-order valence-corrected chi connectivity index (χ4v) is 2.63. The number of halogens is 1. The van der Waals surface area contributed by atoms with Crippen LogP contribution in [0.3, 0.4) is 0 Å². The second kappa shape index (κ2) is 5.35. The third kappa shape index (κ3) is 2.90. The average Bonchev–Trinajstić information content (AvgIpc) is 2.39. The maximum atomic E-state index is 13.4. The highest BCUT2D eigenvalue weighted by Gasteiger charge is 2.37. The normalized spacial score (nSPS) is 26.5. The van der Waals surface area contributed by atoms with Gasteiger partial charge in [0.2, 0.25) is 5.95 Å². The molecular weight excluding hydrogens is 245 g/mol. The summed E-state index contributed by atoms with van der Waals surface area (Å²) < 4.78 is 13.4. The molecule has 2 atom stereocenters. The number of nitrogens with zero attached hydrogens (tertiary/aromatic N) is 2. The summed E-state index contributed by atoms with van der Waals surface area (Å²) in [7, 11) is 0. The van der Waals surface area contributed by atoms with E-state index in [4.69, 9.17) is 0 Å². The van der Waals surface area contributed by atoms with E-state index in [2.05, 4.69) is 23.3 Å². The van der Waals surface area contributed by atoms with E-state index < -0.39 is 17.4 Å². The summed E-state index contributed by atoms with van der Waals surface area (Å²) in [5.74, 6) is -0.995. The Morgan fingerprint density at radius 2 is 2.47 bits per heavy atom. The molecule has 4 nitrogen and oxygen atoms in total. The molecule has 0 bridgehead atoms. The van der Waals surface area contributed by atoms with E-state index >= 15 is 0 Å². The van der Waals surface area contributed by atoms with Crippen molar-refractivity contribution in [2.24, 2.45) is 5.92 Å². The first-order chi connectivity index (χ1) is 9.06. The fraction of sp³-hybridized carbons (Fsp3) is 0.500. The molecule has 1 amide bonds. The summed E-state index contributed by atoms with van der Waals surface area (Å²) in [5.41, 5.74) is -0.993. The number of aromatic nitrogens is 1. The minimum absolute atomic E-state index is 0.115. The minimum Gasteiger partial charge on any atom is -0.334 e. The van der Waals surface area contributed by atoms with Crippen molar-refractivity contribution in [2.45, 2.75) is 38.1 Å². The summed E-state index contributed by atoms with van der Waals surface area (Å²) in [6.07, 6.45) is 4.46. The number of rotatable bonds is 2. The quantitative estimate of drug-likeness (QED) is 0.831. The van der Waals surface area contributed by atoms with Crippen LogP contribution >= 0.6 is 0 Å². The van der Waals surface area contributed by atoms with Crippen molar-refractivity contribution in [3.63, 3.8) is 0 Å². The van der Waals surface area contributed by atoms with Crippen LogP contribution in [0, 0.1) is 23.2 Å². The zero-order valence-electron chi connectivity index (χ0n) is 10.8. The Balaban J connectivity index is 2.17. The number of carbonyl (C=O) groups excluding carboxylic acids is 1. The van der Waals surface area contributed by atoms with Gasteiger partial charge in [-0.1, -0.05) is 13.3 Å². The second-order valence-corrected chi connectivity index (χ2v) is 5.19. The first-order valence-electron chi connectivity index (χ1n) is 6.40. The van der Waals surface area contributed by atoms with Crippen LogP contribution < -0.4 is 5.32 Å². The number of carbonyl (C=O) groups is 1. The largest absolute Gasteiger partial charge is 0.334 e. The number of nitrogens with one attached hydrogen (secondary N) is 1. The van der Waals surface area contributed by atoms with Gasteiger partial charge >= 0.3 is 0 Å². The minimum atomic E-state index is -0.878. The first kappa shape index (κ1) is 13.5. The SMILES string of the molecule is C[C@H]1CCC[C@@](C#N)(NC(=O)c2cccnc2F)C1. The Labute approximate surface area is 111 Å². The molecule has 1 aromatic heterocycles. The summed E-state index contributed by atoms with van der Waals surface area (Å²) in [6, 6.07) is 5.06. The highest BCUT2D eigenvalue weighted by atomic mass is 19.1. The Hall–Kier alpha value is -1.96. The van der Waals surface area contributed by atoms with E-state index in [9.17, 15) is 14.4 Å². The zero-order valence-corrected chi connectivity index (χ0v) is 10.8. The van der Waals surface area contributed by atoms with Gasteiger partial charge in [0.05, 0.1) is 11.6 Å². The van der Waals surface area contributed by atoms with E-state index in [0.717, 1.165) is 12.8 Å². The lowest BCUT2D eigenvalue weighted by molar-refractivity contribution is 0.0885. The molecule has 100 valence electrons. The molecule has 1 aliphatic carbocycles. The van der Waals surface area contributed by atoms with Gasteiger partial charge < -0.3 is 5.32 Å². The van der Waals surface area contributed by atoms with Crippen molar-refractivity contribution in [3.8, 4) is 6.07 Å². The average molecular weight is 261 g/mol. The number of hydrogen-bond acceptors (Lipinski definition) is 3. The van der Waals surface area contributed by atoms with E-state index in [1.165, 1.54) is 18.3 Å². The lowest BCUT2D eigenvalue weighted by atomic mass is 9.77. The Morgan fingerprint density at radius 1 is 1.68 bits per heavy atom. The molecule has 1 saturated carbocycles. The monoisotopic (exact) mass is 261 g/mol. The maximum Gasteiger partial charge on any atom is 0.257 e. The molecule has 0 radical (unpaired) electrons. The van der Waals surface area contributed by atoms with Gasteiger partial charge in [-0.05, 0) is 37.3 Å². The van der Waals surface area contributed by atoms with Crippen molar-refractivity contribution >= 4 is 5.91 Å². The van der Waals surface area contributed by atoms with Crippen molar-refractivity contribution in [1.29, 1.82) is 5.26 Å². The van der Waals surface area contributed by atoms with Gasteiger partial charge in [-0.3, -0.25) is 4.79 Å². The molecule has 0 aromatic carbocycles. The van der Waals surface area contributed by atoms with Crippen LogP contribution in [-0.4, -0.2) is 16.4 Å². The number of nitriles is 1. The standard InChI is InChI=1S/C14H16FN3O/c1-10-4-2-6-14(8-10,9-16)18-13(19)11-5-3-7-17-12(11)15/h3,5,7,10H,2,4,6,8H2,1H3,(H,18,19)/t10-,14+/m0/s1. The zero-order chi connectivity index (χ0) is 13.9. The summed E-state index contributed by atoms with van der Waals surface area (Å²) in [5, 5.41) is 12.0. The Bertz CT molecular complexity index is 526. The third-order valence-electron chi connectivity index (χ3n) is 3.57. The molecule has 0 spiro atoms. The lowest BCUT2D eigenvalue weighted by Gasteiger charge is -2.34. The van der Waals surface area contributed by atoms with Crippen molar-refractivity contribution in [3.05, 3.63) is 29.8 Å². The van der Waals surface area contributed by atoms with Gasteiger partial charge in [-0.25, -0.2) is 4.98 Å². The topological polar surface area (TPSA) is 65.8 Å².